The van der Waals surface area contributed by atoms with Crippen molar-refractivity contribution in [2.24, 2.45) is 7.05 Å². The molecule has 0 fully saturated rings. The lowest BCUT2D eigenvalue weighted by Gasteiger charge is -2.06. The third-order valence-electron chi connectivity index (χ3n) is 2.95. The van der Waals surface area contributed by atoms with E-state index in [-0.39, 0.29) is 6.61 Å². The van der Waals surface area contributed by atoms with E-state index in [4.69, 9.17) is 20.1 Å². The first-order valence-corrected chi connectivity index (χ1v) is 6.33. The maximum Gasteiger partial charge on any atom is 0.355 e. The number of nitrogens with zero attached hydrogens (tertiary/aromatic N) is 1. The first kappa shape index (κ1) is 17.2. The van der Waals surface area contributed by atoms with Gasteiger partial charge in [0.2, 0.25) is 0 Å². The van der Waals surface area contributed by atoms with Crippen molar-refractivity contribution in [2.45, 2.75) is 19.8 Å². The monoisotopic (exact) mass is 313 g/mol. The molecule has 0 aliphatic carbocycles. The maximum atomic E-state index is 12.0. The van der Waals surface area contributed by atoms with Gasteiger partial charge in [0.05, 0.1) is 6.61 Å². The summed E-state index contributed by atoms with van der Waals surface area (Å²) in [4.78, 5) is 45.7. The molecule has 0 unspecified atom stereocenters. The van der Waals surface area contributed by atoms with Gasteiger partial charge in [0.15, 0.2) is 0 Å². The van der Waals surface area contributed by atoms with Crippen LogP contribution in [0.5, 0.6) is 0 Å². The van der Waals surface area contributed by atoms with E-state index in [1.165, 1.54) is 0 Å². The lowest BCUT2D eigenvalue weighted by atomic mass is 10.1. The normalized spacial score (nSPS) is 10.3. The number of carboxylic acid groups (broad SMARTS) is 3. The molecule has 120 valence electrons. The SMILES string of the molecule is CCCCOC(=O)c1c(C(=O)O)c(C(=O)O)c(C(=O)O)n1C. The lowest BCUT2D eigenvalue weighted by Crippen LogP contribution is -2.16. The molecule has 0 amide bonds. The minimum absolute atomic E-state index is 0.0182. The van der Waals surface area contributed by atoms with Gasteiger partial charge in [0.25, 0.3) is 0 Å². The molecule has 1 aromatic rings. The van der Waals surface area contributed by atoms with Crippen molar-refractivity contribution in [3.8, 4) is 0 Å². The lowest BCUT2D eigenvalue weighted by molar-refractivity contribution is 0.0478. The van der Waals surface area contributed by atoms with E-state index in [1.807, 2.05) is 6.92 Å². The Balaban J connectivity index is 3.53. The topological polar surface area (TPSA) is 143 Å². The number of hydrogen-bond donors (Lipinski definition) is 3. The van der Waals surface area contributed by atoms with Crippen LogP contribution in [0.2, 0.25) is 0 Å². The molecule has 1 heterocycles. The van der Waals surface area contributed by atoms with Gasteiger partial charge in [0, 0.05) is 7.05 Å². The summed E-state index contributed by atoms with van der Waals surface area (Å²) >= 11 is 0. The van der Waals surface area contributed by atoms with Crippen molar-refractivity contribution >= 4 is 23.9 Å². The molecule has 1 rings (SSSR count). The number of esters is 1. The van der Waals surface area contributed by atoms with Gasteiger partial charge in [-0.1, -0.05) is 13.3 Å². The van der Waals surface area contributed by atoms with Crippen LogP contribution in [0.3, 0.4) is 0 Å². The average Bonchev–Trinajstić information content (AvgIpc) is 2.72. The molecule has 0 bridgehead atoms. The largest absolute Gasteiger partial charge is 0.478 e. The number of carbonyl (C=O) groups excluding carboxylic acids is 1. The minimum Gasteiger partial charge on any atom is -0.478 e. The van der Waals surface area contributed by atoms with Crippen molar-refractivity contribution in [3.05, 3.63) is 22.5 Å². The van der Waals surface area contributed by atoms with Crippen LogP contribution in [0.1, 0.15) is 61.5 Å². The molecule has 9 heteroatoms. The van der Waals surface area contributed by atoms with Crippen LogP contribution in [0, 0.1) is 0 Å². The fourth-order valence-corrected chi connectivity index (χ4v) is 1.97. The number of ether oxygens (including phenoxy) is 1. The van der Waals surface area contributed by atoms with E-state index in [9.17, 15) is 19.2 Å². The summed E-state index contributed by atoms with van der Waals surface area (Å²) in [7, 11) is 1.10. The van der Waals surface area contributed by atoms with Crippen LogP contribution >= 0.6 is 0 Å². The smallest absolute Gasteiger partial charge is 0.355 e. The second kappa shape index (κ2) is 6.74. The average molecular weight is 313 g/mol. The van der Waals surface area contributed by atoms with Crippen LogP contribution in [0.25, 0.3) is 0 Å². The van der Waals surface area contributed by atoms with Gasteiger partial charge in [-0.15, -0.1) is 0 Å². The predicted octanol–water partition coefficient (Wildman–Crippen LogP) is 1.08. The molecule has 3 N–H and O–H groups in total. The van der Waals surface area contributed by atoms with E-state index >= 15 is 0 Å². The van der Waals surface area contributed by atoms with E-state index < -0.39 is 46.4 Å². The van der Waals surface area contributed by atoms with Crippen LogP contribution in [0.15, 0.2) is 0 Å². The summed E-state index contributed by atoms with van der Waals surface area (Å²) in [6, 6.07) is 0. The van der Waals surface area contributed by atoms with Gasteiger partial charge in [-0.2, -0.15) is 0 Å². The van der Waals surface area contributed by atoms with Crippen molar-refractivity contribution < 1.29 is 39.2 Å². The van der Waals surface area contributed by atoms with Gasteiger partial charge in [-0.25, -0.2) is 19.2 Å². The molecule has 0 aliphatic rings. The molecule has 0 aromatic carbocycles. The second-order valence-electron chi connectivity index (χ2n) is 4.41. The number of unbranched alkanes of at least 4 members (excludes halogenated alkanes) is 1. The van der Waals surface area contributed by atoms with E-state index in [2.05, 4.69) is 0 Å². The summed E-state index contributed by atoms with van der Waals surface area (Å²) in [5, 5.41) is 27.3. The molecule has 22 heavy (non-hydrogen) atoms. The molecule has 9 nitrogen and oxygen atoms in total. The molecule has 0 radical (unpaired) electrons. The molecule has 0 saturated heterocycles. The third kappa shape index (κ3) is 3.08. The number of rotatable bonds is 7. The Bertz CT molecular complexity index is 643. The third-order valence-corrected chi connectivity index (χ3v) is 2.95. The van der Waals surface area contributed by atoms with Crippen LogP contribution < -0.4 is 0 Å². The zero-order valence-corrected chi connectivity index (χ0v) is 12.0. The van der Waals surface area contributed by atoms with Crippen molar-refractivity contribution in [2.75, 3.05) is 6.61 Å². The summed E-state index contributed by atoms with van der Waals surface area (Å²) in [6.07, 6.45) is 1.27. The highest BCUT2D eigenvalue weighted by atomic mass is 16.5. The zero-order chi connectivity index (χ0) is 17.0. The van der Waals surface area contributed by atoms with E-state index in [0.717, 1.165) is 13.5 Å². The molecule has 0 saturated carbocycles. The van der Waals surface area contributed by atoms with Gasteiger partial charge < -0.3 is 24.6 Å². The Kier molecular flexibility index (Phi) is 5.28. The number of carboxylic acids is 3. The molecular formula is C13H15NO8. The number of carbonyl (C=O) groups is 4. The fraction of sp³-hybridized carbons (Fsp3) is 0.385. The van der Waals surface area contributed by atoms with Crippen molar-refractivity contribution in [1.82, 2.24) is 4.57 Å². The zero-order valence-electron chi connectivity index (χ0n) is 12.0. The van der Waals surface area contributed by atoms with Crippen molar-refractivity contribution in [3.63, 3.8) is 0 Å². The second-order valence-corrected chi connectivity index (χ2v) is 4.41. The Morgan fingerprint density at radius 3 is 1.86 bits per heavy atom. The maximum absolute atomic E-state index is 12.0. The Morgan fingerprint density at radius 2 is 1.45 bits per heavy atom. The Morgan fingerprint density at radius 1 is 0.955 bits per heavy atom. The van der Waals surface area contributed by atoms with Gasteiger partial charge in [-0.05, 0) is 6.42 Å². The molecular weight excluding hydrogens is 298 g/mol. The fourth-order valence-electron chi connectivity index (χ4n) is 1.97. The summed E-state index contributed by atoms with van der Waals surface area (Å²) in [5.41, 5.74) is -3.26. The minimum atomic E-state index is -1.75. The van der Waals surface area contributed by atoms with E-state index in [0.29, 0.717) is 11.0 Å². The molecule has 0 atom stereocenters. The van der Waals surface area contributed by atoms with Gasteiger partial charge >= 0.3 is 23.9 Å². The summed E-state index contributed by atoms with van der Waals surface area (Å²) in [6.45, 7) is 1.87. The van der Waals surface area contributed by atoms with Crippen LogP contribution in [0.4, 0.5) is 0 Å². The first-order chi connectivity index (χ1) is 10.2. The summed E-state index contributed by atoms with van der Waals surface area (Å²) in [5.74, 6) is -6.21. The predicted molar refractivity (Wildman–Crippen MR) is 71.5 cm³/mol. The number of aromatic carboxylic acids is 3. The Hall–Kier alpha value is -2.84. The van der Waals surface area contributed by atoms with Crippen LogP contribution in [-0.4, -0.2) is 50.4 Å². The summed E-state index contributed by atoms with van der Waals surface area (Å²) < 4.78 is 5.57. The van der Waals surface area contributed by atoms with Gasteiger partial charge in [-0.3, -0.25) is 0 Å². The molecule has 0 aliphatic heterocycles. The number of aromatic nitrogens is 1. The quantitative estimate of drug-likeness (QED) is 0.501. The van der Waals surface area contributed by atoms with Gasteiger partial charge in [0.1, 0.15) is 22.5 Å². The molecule has 1 aromatic heterocycles. The highest BCUT2D eigenvalue weighted by Crippen LogP contribution is 2.24. The Labute approximate surface area is 124 Å². The highest BCUT2D eigenvalue weighted by Gasteiger charge is 2.36. The molecule has 0 spiro atoms. The first-order valence-electron chi connectivity index (χ1n) is 6.33. The van der Waals surface area contributed by atoms with Crippen molar-refractivity contribution in [1.29, 1.82) is 0 Å². The highest BCUT2D eigenvalue weighted by molar-refractivity contribution is 6.14. The standard InChI is InChI=1S/C13H15NO8/c1-3-4-5-22-13(21)9-7(11(17)18)6(10(15)16)8(12(19)20)14(9)2/h3-5H2,1-2H3,(H,15,16)(H,17,18)(H,19,20). The van der Waals surface area contributed by atoms with Crippen LogP contribution in [-0.2, 0) is 11.8 Å². The number of hydrogen-bond acceptors (Lipinski definition) is 5. The van der Waals surface area contributed by atoms with E-state index in [1.54, 1.807) is 0 Å².